The van der Waals surface area contributed by atoms with Crippen molar-refractivity contribution in [2.24, 2.45) is 0 Å². The molecule has 3 aromatic rings. The van der Waals surface area contributed by atoms with Gasteiger partial charge in [0.1, 0.15) is 17.2 Å². The van der Waals surface area contributed by atoms with Crippen LogP contribution in [0.1, 0.15) is 6.92 Å². The molecule has 0 aliphatic rings. The third kappa shape index (κ3) is 5.26. The summed E-state index contributed by atoms with van der Waals surface area (Å²) in [7, 11) is 3.11. The molecule has 1 aromatic heterocycles. The van der Waals surface area contributed by atoms with E-state index < -0.39 is 0 Å². The van der Waals surface area contributed by atoms with E-state index in [9.17, 15) is 9.59 Å². The van der Waals surface area contributed by atoms with E-state index in [2.05, 4.69) is 26.2 Å². The molecule has 0 aliphatic heterocycles. The summed E-state index contributed by atoms with van der Waals surface area (Å²) in [5.41, 5.74) is 1.90. The monoisotopic (exact) mass is 428 g/mol. The van der Waals surface area contributed by atoms with Gasteiger partial charge < -0.3 is 20.1 Å². The lowest BCUT2D eigenvalue weighted by Crippen LogP contribution is -2.15. The lowest BCUT2D eigenvalue weighted by atomic mass is 10.3. The molecule has 0 fully saturated rings. The minimum Gasteiger partial charge on any atom is -0.497 e. The van der Waals surface area contributed by atoms with Gasteiger partial charge in [-0.1, -0.05) is 11.8 Å². The smallest absolute Gasteiger partial charge is 0.234 e. The molecule has 3 rings (SSSR count). The fraction of sp³-hybridized carbons (Fsp3) is 0.211. The lowest BCUT2D eigenvalue weighted by Gasteiger charge is -2.11. The van der Waals surface area contributed by atoms with E-state index in [4.69, 9.17) is 9.47 Å². The Morgan fingerprint density at radius 2 is 1.73 bits per heavy atom. The maximum atomic E-state index is 12.3. The van der Waals surface area contributed by atoms with Crippen molar-refractivity contribution < 1.29 is 19.1 Å². The summed E-state index contributed by atoms with van der Waals surface area (Å²) in [5.74, 6) is 0.902. The lowest BCUT2D eigenvalue weighted by molar-refractivity contribution is -0.114. The number of anilines is 2. The molecule has 0 bridgehead atoms. The normalized spacial score (nSPS) is 10.4. The van der Waals surface area contributed by atoms with Crippen molar-refractivity contribution in [2.45, 2.75) is 12.1 Å². The number of benzene rings is 2. The number of rotatable bonds is 8. The fourth-order valence-electron chi connectivity index (χ4n) is 2.55. The van der Waals surface area contributed by atoms with Crippen LogP contribution in [0, 0.1) is 0 Å². The molecule has 156 valence electrons. The topological polar surface area (TPSA) is 120 Å². The predicted octanol–water partition coefficient (Wildman–Crippen LogP) is 2.37. The minimum atomic E-state index is -0.219. The van der Waals surface area contributed by atoms with Gasteiger partial charge in [0.05, 0.1) is 20.0 Å². The molecule has 30 heavy (non-hydrogen) atoms. The molecule has 0 saturated carbocycles. The van der Waals surface area contributed by atoms with Crippen LogP contribution in [0.4, 0.5) is 11.4 Å². The Labute approximate surface area is 176 Å². The molecule has 2 N–H and O–H groups in total. The summed E-state index contributed by atoms with van der Waals surface area (Å²) in [6.45, 7) is 1.43. The molecule has 0 saturated heterocycles. The molecule has 11 heteroatoms. The van der Waals surface area contributed by atoms with Gasteiger partial charge in [0.25, 0.3) is 0 Å². The molecule has 2 amide bonds. The quantitative estimate of drug-likeness (QED) is 0.525. The standard InChI is InChI=1S/C19H20N6O4S/c1-12(26)20-13-4-6-14(7-5-13)21-18(27)11-30-19-22-23-24-25(19)16-9-8-15(28-2)10-17(16)29-3/h4-10H,11H2,1-3H3,(H,20,26)(H,21,27). The summed E-state index contributed by atoms with van der Waals surface area (Å²) in [4.78, 5) is 23.4. The van der Waals surface area contributed by atoms with Crippen LogP contribution in [0.3, 0.4) is 0 Å². The van der Waals surface area contributed by atoms with Gasteiger partial charge >= 0.3 is 0 Å². The first-order valence-electron chi connectivity index (χ1n) is 8.81. The van der Waals surface area contributed by atoms with E-state index in [0.717, 1.165) is 0 Å². The van der Waals surface area contributed by atoms with E-state index >= 15 is 0 Å². The fourth-order valence-corrected chi connectivity index (χ4v) is 3.23. The average molecular weight is 428 g/mol. The van der Waals surface area contributed by atoms with Gasteiger partial charge in [0.2, 0.25) is 17.0 Å². The van der Waals surface area contributed by atoms with E-state index in [-0.39, 0.29) is 17.6 Å². The maximum absolute atomic E-state index is 12.3. The van der Waals surface area contributed by atoms with Crippen LogP contribution in [-0.4, -0.2) is 52.0 Å². The van der Waals surface area contributed by atoms with Crippen molar-refractivity contribution in [1.82, 2.24) is 20.2 Å². The largest absolute Gasteiger partial charge is 0.497 e. The highest BCUT2D eigenvalue weighted by Gasteiger charge is 2.16. The van der Waals surface area contributed by atoms with Crippen LogP contribution in [-0.2, 0) is 9.59 Å². The van der Waals surface area contributed by atoms with Gasteiger partial charge in [-0.2, -0.15) is 4.68 Å². The Kier molecular flexibility index (Phi) is 6.86. The van der Waals surface area contributed by atoms with Crippen LogP contribution >= 0.6 is 11.8 Å². The van der Waals surface area contributed by atoms with E-state index in [1.54, 1.807) is 56.7 Å². The SMILES string of the molecule is COc1ccc(-n2nnnc2SCC(=O)Nc2ccc(NC(C)=O)cc2)c(OC)c1. The highest BCUT2D eigenvalue weighted by Crippen LogP contribution is 2.29. The number of methoxy groups -OCH3 is 2. The van der Waals surface area contributed by atoms with Crippen molar-refractivity contribution in [3.05, 3.63) is 42.5 Å². The molecule has 0 unspecified atom stereocenters. The number of carbonyl (C=O) groups excluding carboxylic acids is 2. The van der Waals surface area contributed by atoms with Crippen LogP contribution in [0.2, 0.25) is 0 Å². The Morgan fingerprint density at radius 1 is 1.03 bits per heavy atom. The maximum Gasteiger partial charge on any atom is 0.234 e. The first-order chi connectivity index (χ1) is 14.5. The van der Waals surface area contributed by atoms with Gasteiger partial charge in [-0.25, -0.2) is 0 Å². The Hall–Kier alpha value is -3.60. The molecular formula is C19H20N6O4S. The zero-order valence-electron chi connectivity index (χ0n) is 16.6. The minimum absolute atomic E-state index is 0.103. The Morgan fingerprint density at radius 3 is 2.37 bits per heavy atom. The van der Waals surface area contributed by atoms with Crippen LogP contribution < -0.4 is 20.1 Å². The van der Waals surface area contributed by atoms with Gasteiger partial charge in [-0.15, -0.1) is 5.10 Å². The molecule has 10 nitrogen and oxygen atoms in total. The van der Waals surface area contributed by atoms with Gasteiger partial charge in [-0.05, 0) is 46.8 Å². The number of carbonyl (C=O) groups is 2. The van der Waals surface area contributed by atoms with Gasteiger partial charge in [0.15, 0.2) is 0 Å². The molecule has 0 aliphatic carbocycles. The number of tetrazole rings is 1. The zero-order chi connectivity index (χ0) is 21.5. The zero-order valence-corrected chi connectivity index (χ0v) is 17.4. The van der Waals surface area contributed by atoms with Crippen molar-refractivity contribution in [2.75, 3.05) is 30.6 Å². The van der Waals surface area contributed by atoms with Crippen molar-refractivity contribution >= 4 is 35.0 Å². The van der Waals surface area contributed by atoms with Crippen LogP contribution in [0.5, 0.6) is 11.5 Å². The summed E-state index contributed by atoms with van der Waals surface area (Å²) < 4.78 is 12.1. The molecule has 2 aromatic carbocycles. The van der Waals surface area contributed by atoms with E-state index in [1.807, 2.05) is 0 Å². The number of nitrogens with zero attached hydrogens (tertiary/aromatic N) is 4. The first kappa shape index (κ1) is 21.1. The Bertz CT molecular complexity index is 1040. The third-order valence-electron chi connectivity index (χ3n) is 3.88. The number of ether oxygens (including phenoxy) is 2. The first-order valence-corrected chi connectivity index (χ1v) is 9.80. The predicted molar refractivity (Wildman–Crippen MR) is 112 cm³/mol. The second-order valence-corrected chi connectivity index (χ2v) is 6.95. The number of aromatic nitrogens is 4. The molecule has 0 spiro atoms. The van der Waals surface area contributed by atoms with Crippen LogP contribution in [0.25, 0.3) is 5.69 Å². The second-order valence-electron chi connectivity index (χ2n) is 6.01. The third-order valence-corrected chi connectivity index (χ3v) is 4.80. The summed E-state index contributed by atoms with van der Waals surface area (Å²) in [6.07, 6.45) is 0. The summed E-state index contributed by atoms with van der Waals surface area (Å²) in [6, 6.07) is 12.1. The van der Waals surface area contributed by atoms with E-state index in [0.29, 0.717) is 33.7 Å². The highest BCUT2D eigenvalue weighted by atomic mass is 32.2. The molecule has 1 heterocycles. The molecule has 0 radical (unpaired) electrons. The summed E-state index contributed by atoms with van der Waals surface area (Å²) >= 11 is 1.19. The Balaban J connectivity index is 1.64. The number of amides is 2. The van der Waals surface area contributed by atoms with Crippen molar-refractivity contribution in [3.8, 4) is 17.2 Å². The number of nitrogens with one attached hydrogen (secondary N) is 2. The van der Waals surface area contributed by atoms with Gasteiger partial charge in [-0.3, -0.25) is 9.59 Å². The van der Waals surface area contributed by atoms with Crippen molar-refractivity contribution in [3.63, 3.8) is 0 Å². The average Bonchev–Trinajstić information content (AvgIpc) is 3.21. The summed E-state index contributed by atoms with van der Waals surface area (Å²) in [5, 5.41) is 17.6. The number of hydrogen-bond acceptors (Lipinski definition) is 8. The molecule has 0 atom stereocenters. The number of hydrogen-bond donors (Lipinski definition) is 2. The molecular weight excluding hydrogens is 408 g/mol. The number of thioether (sulfide) groups is 1. The van der Waals surface area contributed by atoms with Crippen molar-refractivity contribution in [1.29, 1.82) is 0 Å². The second kappa shape index (κ2) is 9.74. The van der Waals surface area contributed by atoms with E-state index in [1.165, 1.54) is 23.4 Å². The highest BCUT2D eigenvalue weighted by molar-refractivity contribution is 7.99. The van der Waals surface area contributed by atoms with Crippen LogP contribution in [0.15, 0.2) is 47.6 Å². The van der Waals surface area contributed by atoms with Gasteiger partial charge in [0, 0.05) is 24.4 Å².